The number of anilines is 3. The maximum Gasteiger partial charge on any atom is 0.255 e. The highest BCUT2D eigenvalue weighted by Crippen LogP contribution is 2.24. The number of nitrogens with one attached hydrogen (secondary N) is 2. The highest BCUT2D eigenvalue weighted by molar-refractivity contribution is 6.06. The molecule has 1 amide bonds. The van der Waals surface area contributed by atoms with Crippen LogP contribution in [0.1, 0.15) is 16.1 Å². The van der Waals surface area contributed by atoms with Crippen molar-refractivity contribution in [2.75, 3.05) is 36.7 Å². The van der Waals surface area contributed by atoms with Gasteiger partial charge in [0.05, 0.1) is 11.4 Å². The first-order valence-corrected chi connectivity index (χ1v) is 6.75. The van der Waals surface area contributed by atoms with Crippen LogP contribution in [0.15, 0.2) is 36.4 Å². The molecule has 0 aliphatic heterocycles. The van der Waals surface area contributed by atoms with E-state index in [1.54, 1.807) is 19.2 Å². The summed E-state index contributed by atoms with van der Waals surface area (Å²) < 4.78 is 0. The van der Waals surface area contributed by atoms with Crippen molar-refractivity contribution in [3.05, 3.63) is 47.7 Å². The van der Waals surface area contributed by atoms with Gasteiger partial charge in [0.1, 0.15) is 5.82 Å². The normalized spacial score (nSPS) is 10.1. The number of pyridine rings is 1. The van der Waals surface area contributed by atoms with Gasteiger partial charge in [0.2, 0.25) is 0 Å². The lowest BCUT2D eigenvalue weighted by molar-refractivity contribution is 0.102. The number of aromatic nitrogens is 1. The van der Waals surface area contributed by atoms with Crippen molar-refractivity contribution in [3.63, 3.8) is 0 Å². The minimum absolute atomic E-state index is 0.147. The second-order valence-corrected chi connectivity index (χ2v) is 5.00. The van der Waals surface area contributed by atoms with Crippen LogP contribution in [0.25, 0.3) is 0 Å². The molecule has 0 saturated carbocycles. The summed E-state index contributed by atoms with van der Waals surface area (Å²) in [4.78, 5) is 18.7. The molecule has 5 nitrogen and oxygen atoms in total. The molecule has 0 unspecified atom stereocenters. The van der Waals surface area contributed by atoms with Crippen molar-refractivity contribution in [2.45, 2.75) is 6.92 Å². The number of carbonyl (C=O) groups is 1. The van der Waals surface area contributed by atoms with Crippen LogP contribution in [0.3, 0.4) is 0 Å². The molecule has 0 saturated heterocycles. The first-order chi connectivity index (χ1) is 10.0. The first-order valence-electron chi connectivity index (χ1n) is 6.75. The van der Waals surface area contributed by atoms with E-state index < -0.39 is 0 Å². The highest BCUT2D eigenvalue weighted by Gasteiger charge is 2.11. The Morgan fingerprint density at radius 3 is 2.57 bits per heavy atom. The van der Waals surface area contributed by atoms with E-state index in [1.807, 2.05) is 50.2 Å². The van der Waals surface area contributed by atoms with E-state index in [4.69, 9.17) is 0 Å². The first kappa shape index (κ1) is 14.8. The Morgan fingerprint density at radius 1 is 1.19 bits per heavy atom. The molecule has 1 aromatic carbocycles. The molecule has 0 radical (unpaired) electrons. The minimum Gasteiger partial charge on any atom is -0.376 e. The van der Waals surface area contributed by atoms with Crippen molar-refractivity contribution >= 4 is 23.1 Å². The maximum absolute atomic E-state index is 12.4. The summed E-state index contributed by atoms with van der Waals surface area (Å²) >= 11 is 0. The lowest BCUT2D eigenvalue weighted by atomic mass is 10.2. The summed E-state index contributed by atoms with van der Waals surface area (Å²) in [5, 5.41) is 5.91. The average Bonchev–Trinajstić information content (AvgIpc) is 2.46. The van der Waals surface area contributed by atoms with Crippen LogP contribution in [0.5, 0.6) is 0 Å². The molecule has 1 heterocycles. The fourth-order valence-corrected chi connectivity index (χ4v) is 2.09. The van der Waals surface area contributed by atoms with Crippen LogP contribution in [-0.4, -0.2) is 32.0 Å². The van der Waals surface area contributed by atoms with Gasteiger partial charge in [-0.05, 0) is 31.2 Å². The molecule has 1 aromatic heterocycles. The van der Waals surface area contributed by atoms with E-state index in [-0.39, 0.29) is 5.91 Å². The third-order valence-corrected chi connectivity index (χ3v) is 3.11. The zero-order valence-electron chi connectivity index (χ0n) is 12.8. The van der Waals surface area contributed by atoms with E-state index in [0.717, 1.165) is 17.1 Å². The monoisotopic (exact) mass is 284 g/mol. The van der Waals surface area contributed by atoms with Crippen LogP contribution in [0, 0.1) is 6.92 Å². The van der Waals surface area contributed by atoms with Gasteiger partial charge < -0.3 is 15.5 Å². The van der Waals surface area contributed by atoms with Gasteiger partial charge in [-0.1, -0.05) is 12.1 Å². The number of benzene rings is 1. The SMILES string of the molecule is CNc1cc(C(=O)Nc2ccccc2N(C)C)cc(C)n1. The second kappa shape index (κ2) is 6.26. The van der Waals surface area contributed by atoms with Crippen LogP contribution >= 0.6 is 0 Å². The molecule has 2 aromatic rings. The van der Waals surface area contributed by atoms with Gasteiger partial charge in [-0.15, -0.1) is 0 Å². The van der Waals surface area contributed by atoms with Gasteiger partial charge >= 0.3 is 0 Å². The quantitative estimate of drug-likeness (QED) is 0.906. The number of nitrogens with zero attached hydrogens (tertiary/aromatic N) is 2. The summed E-state index contributed by atoms with van der Waals surface area (Å²) in [6.45, 7) is 1.87. The molecule has 0 aliphatic carbocycles. The third kappa shape index (κ3) is 3.51. The van der Waals surface area contributed by atoms with Gasteiger partial charge in [-0.25, -0.2) is 4.98 Å². The van der Waals surface area contributed by atoms with E-state index in [0.29, 0.717) is 11.4 Å². The van der Waals surface area contributed by atoms with Crippen molar-refractivity contribution < 1.29 is 4.79 Å². The van der Waals surface area contributed by atoms with E-state index in [2.05, 4.69) is 15.6 Å². The molecule has 0 atom stereocenters. The van der Waals surface area contributed by atoms with Gasteiger partial charge in [-0.2, -0.15) is 0 Å². The lowest BCUT2D eigenvalue weighted by Crippen LogP contribution is -2.17. The molecule has 2 rings (SSSR count). The highest BCUT2D eigenvalue weighted by atomic mass is 16.1. The van der Waals surface area contributed by atoms with E-state index >= 15 is 0 Å². The Kier molecular flexibility index (Phi) is 4.42. The van der Waals surface area contributed by atoms with Gasteiger partial charge in [0.15, 0.2) is 0 Å². The number of hydrogen-bond acceptors (Lipinski definition) is 4. The smallest absolute Gasteiger partial charge is 0.255 e. The molecule has 0 spiro atoms. The summed E-state index contributed by atoms with van der Waals surface area (Å²) in [5.41, 5.74) is 3.13. The molecule has 21 heavy (non-hydrogen) atoms. The number of hydrogen-bond donors (Lipinski definition) is 2. The van der Waals surface area contributed by atoms with Crippen LogP contribution < -0.4 is 15.5 Å². The van der Waals surface area contributed by atoms with Crippen molar-refractivity contribution in [1.82, 2.24) is 4.98 Å². The topological polar surface area (TPSA) is 57.3 Å². The fraction of sp³-hybridized carbons (Fsp3) is 0.250. The standard InChI is InChI=1S/C16H20N4O/c1-11-9-12(10-15(17-2)18-11)16(21)19-13-7-5-6-8-14(13)20(3)4/h5-10H,1-4H3,(H,17,18)(H,19,21). The molecule has 5 heteroatoms. The number of rotatable bonds is 4. The summed E-state index contributed by atoms with van der Waals surface area (Å²) in [5.74, 6) is 0.535. The number of aryl methyl sites for hydroxylation is 1. The minimum atomic E-state index is -0.147. The maximum atomic E-state index is 12.4. The van der Waals surface area contributed by atoms with Gasteiger partial charge in [0.25, 0.3) is 5.91 Å². The van der Waals surface area contributed by atoms with Crippen LogP contribution in [0.2, 0.25) is 0 Å². The van der Waals surface area contributed by atoms with E-state index in [1.165, 1.54) is 0 Å². The number of amides is 1. The molecular formula is C16H20N4O. The fourth-order valence-electron chi connectivity index (χ4n) is 2.09. The summed E-state index contributed by atoms with van der Waals surface area (Å²) in [7, 11) is 5.67. The molecule has 110 valence electrons. The van der Waals surface area contributed by atoms with Crippen LogP contribution in [-0.2, 0) is 0 Å². The Bertz CT molecular complexity index is 652. The van der Waals surface area contributed by atoms with Crippen LogP contribution in [0.4, 0.5) is 17.2 Å². The molecular weight excluding hydrogens is 264 g/mol. The number of carbonyl (C=O) groups excluding carboxylic acids is 1. The van der Waals surface area contributed by atoms with Gasteiger partial charge in [-0.3, -0.25) is 4.79 Å². The Balaban J connectivity index is 2.28. The summed E-state index contributed by atoms with van der Waals surface area (Å²) in [6, 6.07) is 11.2. The third-order valence-electron chi connectivity index (χ3n) is 3.11. The molecule has 0 fully saturated rings. The van der Waals surface area contributed by atoms with Crippen molar-refractivity contribution in [1.29, 1.82) is 0 Å². The average molecular weight is 284 g/mol. The Morgan fingerprint density at radius 2 is 1.90 bits per heavy atom. The van der Waals surface area contributed by atoms with Gasteiger partial charge in [0, 0.05) is 32.4 Å². The predicted octanol–water partition coefficient (Wildman–Crippen LogP) is 2.75. The Labute approximate surface area is 125 Å². The zero-order chi connectivity index (χ0) is 15.4. The Hall–Kier alpha value is -2.56. The number of para-hydroxylation sites is 2. The van der Waals surface area contributed by atoms with Crippen molar-refractivity contribution in [3.8, 4) is 0 Å². The second-order valence-electron chi connectivity index (χ2n) is 5.00. The van der Waals surface area contributed by atoms with Crippen molar-refractivity contribution in [2.24, 2.45) is 0 Å². The largest absolute Gasteiger partial charge is 0.376 e. The molecule has 0 aliphatic rings. The summed E-state index contributed by atoms with van der Waals surface area (Å²) in [6.07, 6.45) is 0. The predicted molar refractivity (Wildman–Crippen MR) is 87.2 cm³/mol. The van der Waals surface area contributed by atoms with E-state index in [9.17, 15) is 4.79 Å². The molecule has 2 N–H and O–H groups in total. The lowest BCUT2D eigenvalue weighted by Gasteiger charge is -2.17. The zero-order valence-corrected chi connectivity index (χ0v) is 12.8. The molecule has 0 bridgehead atoms.